The van der Waals surface area contributed by atoms with E-state index in [-0.39, 0.29) is 5.91 Å². The van der Waals surface area contributed by atoms with Crippen molar-refractivity contribution in [2.24, 2.45) is 11.8 Å². The molecule has 2 aliphatic rings. The highest BCUT2D eigenvalue weighted by Gasteiger charge is 2.39. The molecular formula is C17H23ClN2O. The number of hydrogen-bond acceptors (Lipinski definition) is 2. The highest BCUT2D eigenvalue weighted by Crippen LogP contribution is 2.38. The van der Waals surface area contributed by atoms with E-state index < -0.39 is 0 Å². The van der Waals surface area contributed by atoms with E-state index in [0.29, 0.717) is 24.3 Å². The van der Waals surface area contributed by atoms with E-state index in [1.54, 1.807) is 0 Å². The summed E-state index contributed by atoms with van der Waals surface area (Å²) in [5.74, 6) is 1.45. The number of carbonyl (C=O) groups excluding carboxylic acids is 1. The van der Waals surface area contributed by atoms with Gasteiger partial charge in [-0.3, -0.25) is 9.69 Å². The van der Waals surface area contributed by atoms with Gasteiger partial charge in [0.25, 0.3) is 0 Å². The van der Waals surface area contributed by atoms with E-state index in [4.69, 9.17) is 11.6 Å². The van der Waals surface area contributed by atoms with Gasteiger partial charge in [0.05, 0.1) is 0 Å². The van der Waals surface area contributed by atoms with Crippen molar-refractivity contribution in [3.05, 3.63) is 34.3 Å². The van der Waals surface area contributed by atoms with E-state index in [9.17, 15) is 4.79 Å². The Bertz CT molecular complexity index is 525. The molecule has 3 atom stereocenters. The van der Waals surface area contributed by atoms with Crippen LogP contribution in [0.1, 0.15) is 30.4 Å². The zero-order valence-corrected chi connectivity index (χ0v) is 13.5. The van der Waals surface area contributed by atoms with Gasteiger partial charge in [-0.15, -0.1) is 0 Å². The van der Waals surface area contributed by atoms with Crippen LogP contribution >= 0.6 is 11.6 Å². The van der Waals surface area contributed by atoms with Gasteiger partial charge in [-0.25, -0.2) is 0 Å². The molecule has 1 saturated carbocycles. The third-order valence-electron chi connectivity index (χ3n) is 5.21. The second-order valence-electron chi connectivity index (χ2n) is 6.60. The summed E-state index contributed by atoms with van der Waals surface area (Å²) in [6.45, 7) is 3.86. The molecule has 1 aromatic rings. The van der Waals surface area contributed by atoms with E-state index in [0.717, 1.165) is 24.5 Å². The monoisotopic (exact) mass is 306 g/mol. The first-order valence-corrected chi connectivity index (χ1v) is 8.13. The molecule has 1 N–H and O–H groups in total. The Labute approximate surface area is 131 Å². The third kappa shape index (κ3) is 3.09. The van der Waals surface area contributed by atoms with Crippen molar-refractivity contribution in [1.82, 2.24) is 10.2 Å². The maximum absolute atomic E-state index is 11.5. The van der Waals surface area contributed by atoms with Gasteiger partial charge >= 0.3 is 0 Å². The quantitative estimate of drug-likeness (QED) is 0.931. The van der Waals surface area contributed by atoms with Crippen molar-refractivity contribution >= 4 is 17.5 Å². The number of aryl methyl sites for hydroxylation is 1. The fraction of sp³-hybridized carbons (Fsp3) is 0.588. The van der Waals surface area contributed by atoms with Crippen LogP contribution in [0.15, 0.2) is 18.2 Å². The normalized spacial score (nSPS) is 28.6. The molecule has 0 unspecified atom stereocenters. The number of fused-ring (bicyclic) bond motifs is 1. The van der Waals surface area contributed by atoms with Gasteiger partial charge in [0, 0.05) is 30.6 Å². The third-order valence-corrected chi connectivity index (χ3v) is 5.56. The molecule has 3 nitrogen and oxygen atoms in total. The minimum absolute atomic E-state index is 0.224. The molecule has 21 heavy (non-hydrogen) atoms. The van der Waals surface area contributed by atoms with Gasteiger partial charge in [0.15, 0.2) is 0 Å². The highest BCUT2D eigenvalue weighted by atomic mass is 35.5. The lowest BCUT2D eigenvalue weighted by atomic mass is 9.89. The van der Waals surface area contributed by atoms with Crippen LogP contribution in [-0.4, -0.2) is 30.4 Å². The van der Waals surface area contributed by atoms with Crippen LogP contribution in [0, 0.1) is 18.8 Å². The molecule has 3 rings (SSSR count). The zero-order valence-electron chi connectivity index (χ0n) is 12.7. The van der Waals surface area contributed by atoms with Crippen molar-refractivity contribution in [3.63, 3.8) is 0 Å². The van der Waals surface area contributed by atoms with E-state index in [1.807, 2.05) is 12.1 Å². The topological polar surface area (TPSA) is 32.3 Å². The molecule has 2 fully saturated rings. The van der Waals surface area contributed by atoms with Crippen LogP contribution in [0.4, 0.5) is 0 Å². The smallest absolute Gasteiger partial charge is 0.220 e. The molecule has 0 spiro atoms. The summed E-state index contributed by atoms with van der Waals surface area (Å²) < 4.78 is 0. The molecule has 1 aliphatic heterocycles. The average Bonchev–Trinajstić information content (AvgIpc) is 2.86. The van der Waals surface area contributed by atoms with Crippen molar-refractivity contribution in [2.45, 2.75) is 38.8 Å². The highest BCUT2D eigenvalue weighted by molar-refractivity contribution is 6.31. The molecular weight excluding hydrogens is 284 g/mol. The zero-order chi connectivity index (χ0) is 15.0. The Hall–Kier alpha value is -1.06. The lowest BCUT2D eigenvalue weighted by molar-refractivity contribution is -0.124. The first kappa shape index (κ1) is 14.9. The van der Waals surface area contributed by atoms with Crippen molar-refractivity contribution in [2.75, 3.05) is 13.6 Å². The fourth-order valence-electron chi connectivity index (χ4n) is 3.84. The largest absolute Gasteiger partial charge is 0.356 e. The summed E-state index contributed by atoms with van der Waals surface area (Å²) in [6.07, 6.45) is 3.03. The van der Waals surface area contributed by atoms with Gasteiger partial charge in [-0.05, 0) is 55.8 Å². The number of halogens is 1. The van der Waals surface area contributed by atoms with Gasteiger partial charge in [0.2, 0.25) is 5.91 Å². The molecule has 1 aliphatic carbocycles. The van der Waals surface area contributed by atoms with Gasteiger partial charge in [0.1, 0.15) is 0 Å². The lowest BCUT2D eigenvalue weighted by Gasteiger charge is -2.25. The van der Waals surface area contributed by atoms with Gasteiger partial charge in [-0.2, -0.15) is 0 Å². The van der Waals surface area contributed by atoms with Crippen LogP contribution in [0.3, 0.4) is 0 Å². The first-order chi connectivity index (χ1) is 10.0. The van der Waals surface area contributed by atoms with Crippen LogP contribution < -0.4 is 5.32 Å². The number of amides is 1. The maximum atomic E-state index is 11.5. The molecule has 114 valence electrons. The Balaban J connectivity index is 1.67. The van der Waals surface area contributed by atoms with Crippen molar-refractivity contribution in [1.29, 1.82) is 0 Å². The standard InChI is InChI=1S/C17H23ClN2O/c1-11-4-3-5-16(18)15(11)10-20(2)14-6-12-8-17(21)19-9-13(12)7-14/h3-5,12-14H,6-10H2,1-2H3,(H,19,21)/t12-,13+,14-/m1/s1. The molecule has 0 radical (unpaired) electrons. The second-order valence-corrected chi connectivity index (χ2v) is 7.01. The van der Waals surface area contributed by atoms with Crippen molar-refractivity contribution < 1.29 is 4.79 Å². The number of nitrogens with one attached hydrogen (secondary N) is 1. The van der Waals surface area contributed by atoms with E-state index in [2.05, 4.69) is 30.3 Å². The summed E-state index contributed by atoms with van der Waals surface area (Å²) >= 11 is 6.34. The fourth-order valence-corrected chi connectivity index (χ4v) is 4.12. The Morgan fingerprint density at radius 3 is 2.86 bits per heavy atom. The molecule has 0 aromatic heterocycles. The number of carbonyl (C=O) groups is 1. The van der Waals surface area contributed by atoms with Crippen LogP contribution in [0.5, 0.6) is 0 Å². The number of benzene rings is 1. The number of nitrogens with zero attached hydrogens (tertiary/aromatic N) is 1. The lowest BCUT2D eigenvalue weighted by Crippen LogP contribution is -2.38. The number of hydrogen-bond donors (Lipinski definition) is 1. The number of rotatable bonds is 3. The predicted octanol–water partition coefficient (Wildman–Crippen LogP) is 2.99. The van der Waals surface area contributed by atoms with Gasteiger partial charge in [-0.1, -0.05) is 23.7 Å². The van der Waals surface area contributed by atoms with Crippen LogP contribution in [-0.2, 0) is 11.3 Å². The number of piperidine rings is 1. The summed E-state index contributed by atoms with van der Waals surface area (Å²) in [7, 11) is 2.18. The molecule has 1 heterocycles. The molecule has 4 heteroatoms. The molecule has 1 aromatic carbocycles. The summed E-state index contributed by atoms with van der Waals surface area (Å²) in [5, 5.41) is 3.86. The summed E-state index contributed by atoms with van der Waals surface area (Å²) in [4.78, 5) is 13.9. The predicted molar refractivity (Wildman–Crippen MR) is 85.3 cm³/mol. The molecule has 1 saturated heterocycles. The summed E-state index contributed by atoms with van der Waals surface area (Å²) in [6, 6.07) is 6.65. The van der Waals surface area contributed by atoms with E-state index in [1.165, 1.54) is 17.5 Å². The van der Waals surface area contributed by atoms with Crippen LogP contribution in [0.2, 0.25) is 5.02 Å². The maximum Gasteiger partial charge on any atom is 0.220 e. The second kappa shape index (κ2) is 5.98. The molecule has 0 bridgehead atoms. The minimum atomic E-state index is 0.224. The van der Waals surface area contributed by atoms with E-state index >= 15 is 0 Å². The minimum Gasteiger partial charge on any atom is -0.356 e. The Morgan fingerprint density at radius 1 is 1.33 bits per heavy atom. The Morgan fingerprint density at radius 2 is 2.10 bits per heavy atom. The molecule has 1 amide bonds. The Kier molecular flexibility index (Phi) is 4.23. The SMILES string of the molecule is Cc1cccc(Cl)c1CN(C)[C@H]1C[C@H]2CNC(=O)C[C@H]2C1. The van der Waals surface area contributed by atoms with Crippen LogP contribution in [0.25, 0.3) is 0 Å². The first-order valence-electron chi connectivity index (χ1n) is 7.75. The van der Waals surface area contributed by atoms with Crippen molar-refractivity contribution in [3.8, 4) is 0 Å². The van der Waals surface area contributed by atoms with Gasteiger partial charge < -0.3 is 5.32 Å². The summed E-state index contributed by atoms with van der Waals surface area (Å²) in [5.41, 5.74) is 2.48. The average molecular weight is 307 g/mol.